The summed E-state index contributed by atoms with van der Waals surface area (Å²) >= 11 is 0. The van der Waals surface area contributed by atoms with Crippen LogP contribution in [0, 0.1) is 5.41 Å². The van der Waals surface area contributed by atoms with Gasteiger partial charge in [-0.1, -0.05) is 36.4 Å². The summed E-state index contributed by atoms with van der Waals surface area (Å²) in [6, 6.07) is 16.7. The number of fused-ring (bicyclic) bond motifs is 1. The lowest BCUT2D eigenvalue weighted by Gasteiger charge is -2.42. The van der Waals surface area contributed by atoms with Gasteiger partial charge in [0.05, 0.1) is 12.1 Å². The molecule has 1 N–H and O–H groups in total. The fraction of sp³-hybridized carbons (Fsp3) is 0.458. The van der Waals surface area contributed by atoms with Crippen molar-refractivity contribution >= 4 is 11.1 Å². The summed E-state index contributed by atoms with van der Waals surface area (Å²) in [7, 11) is 0. The second kappa shape index (κ2) is 8.97. The molecule has 2 aromatic carbocycles. The third kappa shape index (κ3) is 4.98. The first-order valence-electron chi connectivity index (χ1n) is 10.6. The Morgan fingerprint density at radius 2 is 1.90 bits per heavy atom. The van der Waals surface area contributed by atoms with E-state index in [0.29, 0.717) is 5.58 Å². The van der Waals surface area contributed by atoms with Crippen molar-refractivity contribution in [2.24, 2.45) is 5.41 Å². The van der Waals surface area contributed by atoms with Gasteiger partial charge < -0.3 is 9.15 Å². The molecule has 1 fully saturated rings. The fourth-order valence-corrected chi connectivity index (χ4v) is 4.37. The fourth-order valence-electron chi connectivity index (χ4n) is 4.37. The maximum atomic E-state index is 11.4. The van der Waals surface area contributed by atoms with Crippen LogP contribution < -0.4 is 5.76 Å². The lowest BCUT2D eigenvalue weighted by Crippen LogP contribution is -2.42. The maximum Gasteiger partial charge on any atom is 0.417 e. The van der Waals surface area contributed by atoms with Gasteiger partial charge in [0.15, 0.2) is 5.58 Å². The van der Waals surface area contributed by atoms with E-state index in [2.05, 4.69) is 53.2 Å². The first-order chi connectivity index (χ1) is 14.2. The number of piperidine rings is 1. The highest BCUT2D eigenvalue weighted by molar-refractivity contribution is 5.72. The van der Waals surface area contributed by atoms with Gasteiger partial charge in [-0.25, -0.2) is 4.79 Å². The van der Waals surface area contributed by atoms with Gasteiger partial charge in [-0.05, 0) is 74.4 Å². The number of hydrogen-bond donors (Lipinski definition) is 1. The quantitative estimate of drug-likeness (QED) is 0.616. The number of H-pyrrole nitrogens is 1. The lowest BCUT2D eigenvalue weighted by molar-refractivity contribution is -0.00231. The Hall–Kier alpha value is -2.37. The molecule has 2 heterocycles. The molecule has 0 spiro atoms. The topological polar surface area (TPSA) is 58.5 Å². The van der Waals surface area contributed by atoms with Crippen molar-refractivity contribution in [2.45, 2.75) is 39.2 Å². The second-order valence-electron chi connectivity index (χ2n) is 8.24. The summed E-state index contributed by atoms with van der Waals surface area (Å²) in [5.41, 5.74) is 4.25. The van der Waals surface area contributed by atoms with Crippen molar-refractivity contribution < 1.29 is 9.15 Å². The summed E-state index contributed by atoms with van der Waals surface area (Å²) in [5, 5.41) is 0. The van der Waals surface area contributed by atoms with Gasteiger partial charge in [0, 0.05) is 13.2 Å². The van der Waals surface area contributed by atoms with Crippen molar-refractivity contribution in [1.82, 2.24) is 9.88 Å². The molecule has 29 heavy (non-hydrogen) atoms. The number of aryl methyl sites for hydroxylation is 1. The van der Waals surface area contributed by atoms with Gasteiger partial charge in [0.1, 0.15) is 0 Å². The van der Waals surface area contributed by atoms with E-state index in [0.717, 1.165) is 57.6 Å². The number of likely N-dealkylation sites (tertiary alicyclic amines) is 1. The monoisotopic (exact) mass is 394 g/mol. The standard InChI is InChI=1S/C24H30N2O3/c1-2-28-18-24(11-10-19-6-4-3-5-7-19)12-14-26(15-13-24)17-20-8-9-21-22(16-20)29-23(27)25-21/h3-9,16H,2,10-15,17-18H2,1H3,(H,25,27). The maximum absolute atomic E-state index is 11.4. The van der Waals surface area contributed by atoms with Gasteiger partial charge in [-0.15, -0.1) is 0 Å². The number of nitrogens with one attached hydrogen (secondary N) is 1. The van der Waals surface area contributed by atoms with Crippen LogP contribution in [0.25, 0.3) is 11.1 Å². The molecular weight excluding hydrogens is 364 g/mol. The SMILES string of the molecule is CCOCC1(CCc2ccccc2)CCN(Cc2ccc3[nH]c(=O)oc3c2)CC1. The number of nitrogens with zero attached hydrogens (tertiary/aromatic N) is 1. The molecule has 0 unspecified atom stereocenters. The van der Waals surface area contributed by atoms with Gasteiger partial charge in [0.25, 0.3) is 0 Å². The summed E-state index contributed by atoms with van der Waals surface area (Å²) in [5.74, 6) is -0.394. The molecule has 1 saturated heterocycles. The van der Waals surface area contributed by atoms with Crippen molar-refractivity contribution in [3.8, 4) is 0 Å². The van der Waals surface area contributed by atoms with Crippen LogP contribution in [-0.2, 0) is 17.7 Å². The molecule has 1 aromatic heterocycles. The Morgan fingerprint density at radius 1 is 1.10 bits per heavy atom. The Bertz CT molecular complexity index is 968. The minimum absolute atomic E-state index is 0.264. The highest BCUT2D eigenvalue weighted by Gasteiger charge is 2.34. The summed E-state index contributed by atoms with van der Waals surface area (Å²) in [4.78, 5) is 16.6. The summed E-state index contributed by atoms with van der Waals surface area (Å²) in [6.45, 7) is 6.72. The van der Waals surface area contributed by atoms with Crippen molar-refractivity contribution in [3.63, 3.8) is 0 Å². The Labute approximate surface area is 171 Å². The first-order valence-corrected chi connectivity index (χ1v) is 10.6. The predicted molar refractivity (Wildman–Crippen MR) is 115 cm³/mol. The lowest BCUT2D eigenvalue weighted by atomic mass is 9.74. The van der Waals surface area contributed by atoms with E-state index >= 15 is 0 Å². The first kappa shape index (κ1) is 19.9. The molecule has 5 nitrogen and oxygen atoms in total. The molecule has 0 radical (unpaired) electrons. The van der Waals surface area contributed by atoms with Crippen LogP contribution in [-0.4, -0.2) is 36.2 Å². The molecule has 0 atom stereocenters. The normalized spacial score (nSPS) is 17.0. The number of aromatic nitrogens is 1. The molecule has 1 aliphatic heterocycles. The minimum atomic E-state index is -0.394. The molecule has 154 valence electrons. The summed E-state index contributed by atoms with van der Waals surface area (Å²) < 4.78 is 11.1. The number of benzene rings is 2. The summed E-state index contributed by atoms with van der Waals surface area (Å²) in [6.07, 6.45) is 4.59. The zero-order valence-electron chi connectivity index (χ0n) is 17.2. The van der Waals surface area contributed by atoms with Crippen LogP contribution in [0.2, 0.25) is 0 Å². The van der Waals surface area contributed by atoms with Gasteiger partial charge in [-0.2, -0.15) is 0 Å². The van der Waals surface area contributed by atoms with E-state index in [9.17, 15) is 4.79 Å². The average Bonchev–Trinajstić information content (AvgIpc) is 3.12. The third-order valence-electron chi connectivity index (χ3n) is 6.21. The third-order valence-corrected chi connectivity index (χ3v) is 6.21. The predicted octanol–water partition coefficient (Wildman–Crippen LogP) is 4.37. The Balaban J connectivity index is 1.37. The number of hydrogen-bond acceptors (Lipinski definition) is 4. The van der Waals surface area contributed by atoms with Gasteiger partial charge in [0.2, 0.25) is 0 Å². The Morgan fingerprint density at radius 3 is 2.66 bits per heavy atom. The van der Waals surface area contributed by atoms with E-state index in [4.69, 9.17) is 9.15 Å². The van der Waals surface area contributed by atoms with Crippen molar-refractivity contribution in [2.75, 3.05) is 26.3 Å². The van der Waals surface area contributed by atoms with E-state index in [1.165, 1.54) is 17.5 Å². The zero-order valence-corrected chi connectivity index (χ0v) is 17.2. The van der Waals surface area contributed by atoms with Gasteiger partial charge >= 0.3 is 5.76 Å². The number of oxazole rings is 1. The highest BCUT2D eigenvalue weighted by Crippen LogP contribution is 2.37. The van der Waals surface area contributed by atoms with Crippen LogP contribution in [0.1, 0.15) is 37.3 Å². The smallest absolute Gasteiger partial charge is 0.408 e. The largest absolute Gasteiger partial charge is 0.417 e. The van der Waals surface area contributed by atoms with Crippen LogP contribution in [0.15, 0.2) is 57.7 Å². The number of ether oxygens (including phenoxy) is 1. The molecule has 0 amide bonds. The van der Waals surface area contributed by atoms with E-state index in [1.54, 1.807) is 0 Å². The average molecular weight is 395 g/mol. The minimum Gasteiger partial charge on any atom is -0.408 e. The molecule has 3 aromatic rings. The molecule has 0 aliphatic carbocycles. The highest BCUT2D eigenvalue weighted by atomic mass is 16.5. The van der Waals surface area contributed by atoms with Crippen LogP contribution >= 0.6 is 0 Å². The van der Waals surface area contributed by atoms with E-state index < -0.39 is 5.76 Å². The molecule has 5 heteroatoms. The van der Waals surface area contributed by atoms with Crippen molar-refractivity contribution in [1.29, 1.82) is 0 Å². The second-order valence-corrected chi connectivity index (χ2v) is 8.24. The van der Waals surface area contributed by atoms with Crippen LogP contribution in [0.4, 0.5) is 0 Å². The Kier molecular flexibility index (Phi) is 6.16. The number of aromatic amines is 1. The molecular formula is C24H30N2O3. The van der Waals surface area contributed by atoms with Gasteiger partial charge in [-0.3, -0.25) is 9.88 Å². The van der Waals surface area contributed by atoms with E-state index in [-0.39, 0.29) is 5.41 Å². The molecule has 0 bridgehead atoms. The zero-order chi connectivity index (χ0) is 20.1. The van der Waals surface area contributed by atoms with Crippen molar-refractivity contribution in [3.05, 3.63) is 70.2 Å². The molecule has 1 aliphatic rings. The van der Waals surface area contributed by atoms with Crippen LogP contribution in [0.3, 0.4) is 0 Å². The number of rotatable bonds is 8. The molecule has 0 saturated carbocycles. The van der Waals surface area contributed by atoms with Crippen LogP contribution in [0.5, 0.6) is 0 Å². The molecule has 4 rings (SSSR count). The van der Waals surface area contributed by atoms with E-state index in [1.807, 2.05) is 12.1 Å².